The third-order valence-electron chi connectivity index (χ3n) is 4.19. The van der Waals surface area contributed by atoms with Gasteiger partial charge >= 0.3 is 0 Å². The lowest BCUT2D eigenvalue weighted by Crippen LogP contribution is -2.02. The molecule has 0 saturated heterocycles. The second-order valence-electron chi connectivity index (χ2n) is 5.85. The molecule has 0 atom stereocenters. The molecule has 5 aromatic rings. The van der Waals surface area contributed by atoms with Crippen molar-refractivity contribution in [2.24, 2.45) is 0 Å². The molecule has 5 rings (SSSR count). The van der Waals surface area contributed by atoms with Crippen LogP contribution in [0.4, 0.5) is 0 Å². The zero-order valence-corrected chi connectivity index (χ0v) is 14.6. The van der Waals surface area contributed by atoms with Crippen LogP contribution in [0.2, 0.25) is 0 Å². The Labute approximate surface area is 153 Å². The van der Waals surface area contributed by atoms with Crippen LogP contribution in [0.5, 0.6) is 5.75 Å². The van der Waals surface area contributed by atoms with Crippen LogP contribution >= 0.6 is 11.3 Å². The largest absolute Gasteiger partial charge is 0.486 e. The van der Waals surface area contributed by atoms with Crippen molar-refractivity contribution in [2.45, 2.75) is 6.61 Å². The Kier molecular flexibility index (Phi) is 3.61. The summed E-state index contributed by atoms with van der Waals surface area (Å²) in [4.78, 5) is 0.764. The first-order valence-corrected chi connectivity index (χ1v) is 9.07. The van der Waals surface area contributed by atoms with E-state index >= 15 is 0 Å². The number of aromatic nitrogens is 4. The molecule has 0 aliphatic heterocycles. The number of nitrogens with zero attached hydrogens (tertiary/aromatic N) is 4. The highest BCUT2D eigenvalue weighted by Crippen LogP contribution is 2.31. The van der Waals surface area contributed by atoms with Gasteiger partial charge in [0.15, 0.2) is 5.82 Å². The summed E-state index contributed by atoms with van der Waals surface area (Å²) in [6.07, 6.45) is 0. The maximum atomic E-state index is 5.78. The number of benzene rings is 3. The molecule has 6 heteroatoms. The maximum Gasteiger partial charge on any atom is 0.235 e. The smallest absolute Gasteiger partial charge is 0.235 e. The van der Waals surface area contributed by atoms with Crippen LogP contribution in [0.3, 0.4) is 0 Å². The normalized spacial score (nSPS) is 11.2. The first-order chi connectivity index (χ1) is 12.9. The van der Waals surface area contributed by atoms with Gasteiger partial charge in [-0.25, -0.2) is 0 Å². The molecular formula is C20H14N4OS. The molecule has 2 aromatic heterocycles. The summed E-state index contributed by atoms with van der Waals surface area (Å²) in [7, 11) is 0. The molecule has 0 amide bonds. The Balaban J connectivity index is 1.52. The van der Waals surface area contributed by atoms with Crippen molar-refractivity contribution in [1.82, 2.24) is 19.8 Å². The van der Waals surface area contributed by atoms with Gasteiger partial charge in [-0.1, -0.05) is 72.0 Å². The van der Waals surface area contributed by atoms with E-state index in [9.17, 15) is 0 Å². The fourth-order valence-electron chi connectivity index (χ4n) is 2.93. The van der Waals surface area contributed by atoms with E-state index in [4.69, 9.17) is 9.84 Å². The van der Waals surface area contributed by atoms with Gasteiger partial charge in [0.1, 0.15) is 17.4 Å². The summed E-state index contributed by atoms with van der Waals surface area (Å²) in [5, 5.41) is 16.5. The van der Waals surface area contributed by atoms with Crippen molar-refractivity contribution in [3.63, 3.8) is 0 Å². The number of rotatable bonds is 4. The minimum atomic E-state index is 0.323. The van der Waals surface area contributed by atoms with E-state index in [0.29, 0.717) is 12.4 Å². The number of para-hydroxylation sites is 1. The molecule has 3 aromatic carbocycles. The summed E-state index contributed by atoms with van der Waals surface area (Å²) in [5.41, 5.74) is 1.11. The van der Waals surface area contributed by atoms with E-state index in [1.807, 2.05) is 42.5 Å². The number of hydrogen-bond acceptors (Lipinski definition) is 5. The predicted molar refractivity (Wildman–Crippen MR) is 102 cm³/mol. The van der Waals surface area contributed by atoms with Crippen LogP contribution in [0.15, 0.2) is 72.8 Å². The summed E-state index contributed by atoms with van der Waals surface area (Å²) in [6, 6.07) is 24.2. The van der Waals surface area contributed by atoms with Gasteiger partial charge in [0.25, 0.3) is 0 Å². The van der Waals surface area contributed by atoms with Gasteiger partial charge in [-0.2, -0.15) is 9.61 Å². The molecule has 126 valence electrons. The average Bonchev–Trinajstić information content (AvgIpc) is 3.28. The summed E-state index contributed by atoms with van der Waals surface area (Å²) < 4.78 is 7.55. The second kappa shape index (κ2) is 6.24. The zero-order chi connectivity index (χ0) is 17.3. The molecule has 0 unspecified atom stereocenters. The van der Waals surface area contributed by atoms with Crippen molar-refractivity contribution in [1.29, 1.82) is 0 Å². The molecule has 0 aliphatic rings. The van der Waals surface area contributed by atoms with Crippen LogP contribution in [0, 0.1) is 0 Å². The Morgan fingerprint density at radius 3 is 2.58 bits per heavy atom. The van der Waals surface area contributed by atoms with Crippen molar-refractivity contribution in [3.05, 3.63) is 78.6 Å². The Hall–Kier alpha value is -3.25. The van der Waals surface area contributed by atoms with E-state index in [0.717, 1.165) is 21.3 Å². The lowest BCUT2D eigenvalue weighted by Gasteiger charge is -2.03. The number of ether oxygens (including phenoxy) is 1. The van der Waals surface area contributed by atoms with Crippen LogP contribution in [0.25, 0.3) is 26.3 Å². The first kappa shape index (κ1) is 15.0. The summed E-state index contributed by atoms with van der Waals surface area (Å²) >= 11 is 1.53. The van der Waals surface area contributed by atoms with E-state index < -0.39 is 0 Å². The molecule has 2 heterocycles. The molecule has 0 radical (unpaired) electrons. The highest BCUT2D eigenvalue weighted by molar-refractivity contribution is 7.19. The van der Waals surface area contributed by atoms with Gasteiger partial charge < -0.3 is 4.74 Å². The van der Waals surface area contributed by atoms with Gasteiger partial charge in [0.05, 0.1) is 0 Å². The average molecular weight is 358 g/mol. The first-order valence-electron chi connectivity index (χ1n) is 8.25. The van der Waals surface area contributed by atoms with E-state index in [1.54, 1.807) is 4.52 Å². The Bertz CT molecular complexity index is 1190. The van der Waals surface area contributed by atoms with Crippen LogP contribution in [-0.2, 0) is 6.61 Å². The fraction of sp³-hybridized carbons (Fsp3) is 0.0500. The van der Waals surface area contributed by atoms with E-state index in [1.165, 1.54) is 22.1 Å². The monoisotopic (exact) mass is 358 g/mol. The minimum absolute atomic E-state index is 0.323. The van der Waals surface area contributed by atoms with Gasteiger partial charge in [0, 0.05) is 5.56 Å². The van der Waals surface area contributed by atoms with Crippen molar-refractivity contribution >= 4 is 27.1 Å². The maximum absolute atomic E-state index is 5.78. The minimum Gasteiger partial charge on any atom is -0.486 e. The Morgan fingerprint density at radius 2 is 1.65 bits per heavy atom. The molecule has 0 fully saturated rings. The third-order valence-corrected chi connectivity index (χ3v) is 5.12. The van der Waals surface area contributed by atoms with Gasteiger partial charge in [-0.05, 0) is 22.9 Å². The molecule has 26 heavy (non-hydrogen) atoms. The molecule has 0 N–H and O–H groups in total. The number of hydrogen-bond donors (Lipinski definition) is 0. The van der Waals surface area contributed by atoms with Crippen LogP contribution < -0.4 is 4.74 Å². The van der Waals surface area contributed by atoms with Crippen LogP contribution in [0.1, 0.15) is 5.82 Å². The van der Waals surface area contributed by atoms with Gasteiger partial charge in [0.2, 0.25) is 4.96 Å². The fourth-order valence-corrected chi connectivity index (χ4v) is 3.83. The lowest BCUT2D eigenvalue weighted by atomic mass is 10.1. The molecule has 0 bridgehead atoms. The summed E-state index contributed by atoms with van der Waals surface area (Å²) in [5.74, 6) is 1.49. The van der Waals surface area contributed by atoms with Gasteiger partial charge in [-0.15, -0.1) is 10.2 Å². The molecule has 0 saturated carbocycles. The topological polar surface area (TPSA) is 52.3 Å². The number of fused-ring (bicyclic) bond motifs is 2. The van der Waals surface area contributed by atoms with Crippen molar-refractivity contribution in [2.75, 3.05) is 0 Å². The molecule has 0 aliphatic carbocycles. The molecular weight excluding hydrogens is 344 g/mol. The van der Waals surface area contributed by atoms with Crippen LogP contribution in [-0.4, -0.2) is 19.8 Å². The summed E-state index contributed by atoms with van der Waals surface area (Å²) in [6.45, 7) is 0.323. The lowest BCUT2D eigenvalue weighted by molar-refractivity contribution is 0.293. The quantitative estimate of drug-likeness (QED) is 0.472. The third kappa shape index (κ3) is 2.60. The predicted octanol–water partition coefficient (Wildman–Crippen LogP) is 4.59. The SMILES string of the molecule is c1ccc(OCc2nnc3sc(-c4cccc5ccccc45)nn23)cc1. The Morgan fingerprint density at radius 1 is 0.846 bits per heavy atom. The second-order valence-corrected chi connectivity index (χ2v) is 6.80. The van der Waals surface area contributed by atoms with Crippen molar-refractivity contribution in [3.8, 4) is 16.3 Å². The van der Waals surface area contributed by atoms with Crippen molar-refractivity contribution < 1.29 is 4.74 Å². The highest BCUT2D eigenvalue weighted by Gasteiger charge is 2.15. The molecule has 0 spiro atoms. The van der Waals surface area contributed by atoms with E-state index in [-0.39, 0.29) is 0 Å². The standard InChI is InChI=1S/C20H14N4OS/c1-2-9-15(10-3-1)25-13-18-21-22-20-24(18)23-19(26-20)17-12-6-8-14-7-4-5-11-16(14)17/h1-12H,13H2. The van der Waals surface area contributed by atoms with Gasteiger partial charge in [-0.3, -0.25) is 0 Å². The van der Waals surface area contributed by atoms with E-state index in [2.05, 4.69) is 40.5 Å². The zero-order valence-electron chi connectivity index (χ0n) is 13.7. The highest BCUT2D eigenvalue weighted by atomic mass is 32.1. The molecule has 5 nitrogen and oxygen atoms in total.